The lowest BCUT2D eigenvalue weighted by Gasteiger charge is -2.34. The molecule has 0 spiro atoms. The molecule has 1 saturated heterocycles. The van der Waals surface area contributed by atoms with Crippen molar-refractivity contribution in [3.05, 3.63) is 65.5 Å². The third-order valence-electron chi connectivity index (χ3n) is 5.00. The van der Waals surface area contributed by atoms with Crippen LogP contribution in [0.15, 0.2) is 48.8 Å². The summed E-state index contributed by atoms with van der Waals surface area (Å²) in [6.45, 7) is 0.662. The quantitative estimate of drug-likeness (QED) is 0.765. The normalized spacial score (nSPS) is 17.3. The summed E-state index contributed by atoms with van der Waals surface area (Å²) < 4.78 is 38.8. The van der Waals surface area contributed by atoms with E-state index >= 15 is 0 Å². The zero-order valence-electron chi connectivity index (χ0n) is 16.0. The summed E-state index contributed by atoms with van der Waals surface area (Å²) in [6, 6.07) is 8.61. The lowest BCUT2D eigenvalue weighted by Crippen LogP contribution is -2.45. The van der Waals surface area contributed by atoms with Crippen molar-refractivity contribution < 1.29 is 22.8 Å². The van der Waals surface area contributed by atoms with Crippen LogP contribution in [0.4, 0.5) is 13.2 Å². The molecule has 1 atom stereocenters. The van der Waals surface area contributed by atoms with E-state index in [1.54, 1.807) is 36.5 Å². The van der Waals surface area contributed by atoms with Crippen molar-refractivity contribution in [3.8, 4) is 0 Å². The van der Waals surface area contributed by atoms with Gasteiger partial charge >= 0.3 is 6.18 Å². The van der Waals surface area contributed by atoms with Crippen LogP contribution < -0.4 is 0 Å². The van der Waals surface area contributed by atoms with E-state index in [4.69, 9.17) is 0 Å². The molecule has 1 aromatic carbocycles. The molecule has 154 valence electrons. The number of carbonyl (C=O) groups excluding carboxylic acids is 2. The fourth-order valence-corrected chi connectivity index (χ4v) is 3.49. The molecule has 0 aliphatic carbocycles. The topological polar surface area (TPSA) is 53.5 Å². The molecule has 1 aromatic heterocycles. The molecular formula is C21H22F3N3O2. The van der Waals surface area contributed by atoms with Crippen molar-refractivity contribution >= 4 is 11.8 Å². The molecule has 1 fully saturated rings. The van der Waals surface area contributed by atoms with Gasteiger partial charge in [0.15, 0.2) is 0 Å². The zero-order chi connectivity index (χ0) is 21.0. The number of hydrogen-bond donors (Lipinski definition) is 0. The van der Waals surface area contributed by atoms with Crippen LogP contribution in [0, 0.1) is 5.92 Å². The van der Waals surface area contributed by atoms with Crippen molar-refractivity contribution in [1.29, 1.82) is 0 Å². The molecular weight excluding hydrogens is 383 g/mol. The smallest absolute Gasteiger partial charge is 0.341 e. The van der Waals surface area contributed by atoms with Crippen molar-refractivity contribution in [2.75, 3.05) is 13.6 Å². The zero-order valence-corrected chi connectivity index (χ0v) is 16.0. The second-order valence-corrected chi connectivity index (χ2v) is 7.26. The van der Waals surface area contributed by atoms with Crippen LogP contribution in [0.25, 0.3) is 0 Å². The number of carbonyl (C=O) groups is 2. The van der Waals surface area contributed by atoms with E-state index in [9.17, 15) is 22.8 Å². The summed E-state index contributed by atoms with van der Waals surface area (Å²) in [5.74, 6) is -0.614. The first-order chi connectivity index (χ1) is 13.7. The number of nitrogens with zero attached hydrogens (tertiary/aromatic N) is 3. The number of halogens is 3. The van der Waals surface area contributed by atoms with Gasteiger partial charge in [-0.3, -0.25) is 14.6 Å². The fourth-order valence-electron chi connectivity index (χ4n) is 3.49. The van der Waals surface area contributed by atoms with E-state index < -0.39 is 11.7 Å². The number of alkyl halides is 3. The molecule has 0 saturated carbocycles. The molecule has 8 heteroatoms. The SMILES string of the molecule is CN(Cc1cccnc1)C(=O)C1CCC(=O)N(Cc2cccc(C(F)(F)F)c2)C1. The molecule has 3 rings (SSSR count). The van der Waals surface area contributed by atoms with Crippen LogP contribution in [-0.4, -0.2) is 40.2 Å². The highest BCUT2D eigenvalue weighted by atomic mass is 19.4. The van der Waals surface area contributed by atoms with E-state index in [-0.39, 0.29) is 37.2 Å². The van der Waals surface area contributed by atoms with Gasteiger partial charge in [-0.1, -0.05) is 18.2 Å². The Morgan fingerprint density at radius 1 is 1.24 bits per heavy atom. The number of piperidine rings is 1. The van der Waals surface area contributed by atoms with Crippen molar-refractivity contribution in [2.24, 2.45) is 5.92 Å². The fraction of sp³-hybridized carbons (Fsp3) is 0.381. The van der Waals surface area contributed by atoms with Gasteiger partial charge in [0.2, 0.25) is 11.8 Å². The van der Waals surface area contributed by atoms with Crippen LogP contribution in [0.3, 0.4) is 0 Å². The average Bonchev–Trinajstić information content (AvgIpc) is 2.69. The molecule has 5 nitrogen and oxygen atoms in total. The van der Waals surface area contributed by atoms with Gasteiger partial charge in [0.25, 0.3) is 0 Å². The highest BCUT2D eigenvalue weighted by Crippen LogP contribution is 2.30. The molecule has 2 amide bonds. The predicted octanol–water partition coefficient (Wildman–Crippen LogP) is 3.50. The van der Waals surface area contributed by atoms with Crippen LogP contribution in [-0.2, 0) is 28.9 Å². The molecule has 1 aliphatic rings. The maximum atomic E-state index is 12.9. The van der Waals surface area contributed by atoms with E-state index in [0.717, 1.165) is 17.7 Å². The Kier molecular flexibility index (Phi) is 6.20. The first kappa shape index (κ1) is 20.8. The number of hydrogen-bond acceptors (Lipinski definition) is 3. The van der Waals surface area contributed by atoms with Gasteiger partial charge in [-0.25, -0.2) is 0 Å². The van der Waals surface area contributed by atoms with Gasteiger partial charge in [0.05, 0.1) is 11.5 Å². The second-order valence-electron chi connectivity index (χ2n) is 7.26. The van der Waals surface area contributed by atoms with E-state index in [1.165, 1.54) is 11.0 Å². The Morgan fingerprint density at radius 2 is 2.00 bits per heavy atom. The van der Waals surface area contributed by atoms with Crippen LogP contribution in [0.2, 0.25) is 0 Å². The minimum Gasteiger partial charge on any atom is -0.341 e. The first-order valence-electron chi connectivity index (χ1n) is 9.32. The summed E-state index contributed by atoms with van der Waals surface area (Å²) in [6.07, 6.45) is -0.447. The summed E-state index contributed by atoms with van der Waals surface area (Å²) in [5, 5.41) is 0. The molecule has 2 aromatic rings. The van der Waals surface area contributed by atoms with Gasteiger partial charge in [0.1, 0.15) is 0 Å². The number of benzene rings is 1. The molecule has 1 unspecified atom stereocenters. The Labute approximate surface area is 167 Å². The van der Waals surface area contributed by atoms with Crippen molar-refractivity contribution in [2.45, 2.75) is 32.1 Å². The largest absolute Gasteiger partial charge is 0.416 e. The summed E-state index contributed by atoms with van der Waals surface area (Å²) >= 11 is 0. The van der Waals surface area contributed by atoms with Crippen molar-refractivity contribution in [1.82, 2.24) is 14.8 Å². The minimum absolute atomic E-state index is 0.0544. The van der Waals surface area contributed by atoms with E-state index in [1.807, 2.05) is 6.07 Å². The van der Waals surface area contributed by atoms with Crippen LogP contribution in [0.5, 0.6) is 0 Å². The maximum Gasteiger partial charge on any atom is 0.416 e. The lowest BCUT2D eigenvalue weighted by atomic mass is 9.95. The third kappa shape index (κ3) is 5.34. The minimum atomic E-state index is -4.44. The van der Waals surface area contributed by atoms with Gasteiger partial charge in [0, 0.05) is 45.5 Å². The molecule has 0 N–H and O–H groups in total. The number of likely N-dealkylation sites (tertiary alicyclic amines) is 1. The molecule has 0 radical (unpaired) electrons. The predicted molar refractivity (Wildman–Crippen MR) is 100 cm³/mol. The third-order valence-corrected chi connectivity index (χ3v) is 5.00. The van der Waals surface area contributed by atoms with E-state index in [2.05, 4.69) is 4.98 Å². The summed E-state index contributed by atoms with van der Waals surface area (Å²) in [4.78, 5) is 32.2. The van der Waals surface area contributed by atoms with Gasteiger partial charge in [-0.05, 0) is 35.7 Å². The van der Waals surface area contributed by atoms with Gasteiger partial charge < -0.3 is 9.80 Å². The Hall–Kier alpha value is -2.90. The molecule has 2 heterocycles. The Balaban J connectivity index is 1.66. The Morgan fingerprint density at radius 3 is 2.69 bits per heavy atom. The van der Waals surface area contributed by atoms with E-state index in [0.29, 0.717) is 18.5 Å². The number of aromatic nitrogens is 1. The molecule has 0 bridgehead atoms. The average molecular weight is 405 g/mol. The summed E-state index contributed by atoms with van der Waals surface area (Å²) in [5.41, 5.74) is 0.546. The first-order valence-corrected chi connectivity index (χ1v) is 9.32. The van der Waals surface area contributed by atoms with Crippen molar-refractivity contribution in [3.63, 3.8) is 0 Å². The highest BCUT2D eigenvalue weighted by molar-refractivity contribution is 5.83. The number of pyridine rings is 1. The monoisotopic (exact) mass is 405 g/mol. The van der Waals surface area contributed by atoms with Crippen LogP contribution in [0.1, 0.15) is 29.5 Å². The molecule has 29 heavy (non-hydrogen) atoms. The molecule has 1 aliphatic heterocycles. The summed E-state index contributed by atoms with van der Waals surface area (Å²) in [7, 11) is 1.70. The number of amides is 2. The van der Waals surface area contributed by atoms with Crippen LogP contribution >= 0.6 is 0 Å². The van der Waals surface area contributed by atoms with Gasteiger partial charge in [-0.2, -0.15) is 13.2 Å². The van der Waals surface area contributed by atoms with Gasteiger partial charge in [-0.15, -0.1) is 0 Å². The standard InChI is InChI=1S/C21H22F3N3O2/c1-26(12-16-5-3-9-25-11-16)20(29)17-7-8-19(28)27(14-17)13-15-4-2-6-18(10-15)21(22,23)24/h2-6,9-11,17H,7-8,12-14H2,1H3. The lowest BCUT2D eigenvalue weighted by molar-refractivity contribution is -0.143. The Bertz CT molecular complexity index is 871. The number of rotatable bonds is 5. The maximum absolute atomic E-state index is 12.9. The second kappa shape index (κ2) is 8.63. The highest BCUT2D eigenvalue weighted by Gasteiger charge is 2.33.